The molecule has 4 aromatic carbocycles. The first-order valence-corrected chi connectivity index (χ1v) is 12.2. The summed E-state index contributed by atoms with van der Waals surface area (Å²) in [6.07, 6.45) is 0. The van der Waals surface area contributed by atoms with Gasteiger partial charge in [0.05, 0.1) is 17.0 Å². The summed E-state index contributed by atoms with van der Waals surface area (Å²) >= 11 is 1.28. The fourth-order valence-corrected chi connectivity index (χ4v) is 4.79. The molecular weight excluding hydrogens is 450 g/mol. The fourth-order valence-electron chi connectivity index (χ4n) is 3.99. The van der Waals surface area contributed by atoms with Gasteiger partial charge in [-0.3, -0.25) is 4.79 Å². The Labute approximate surface area is 208 Å². The Bertz CT molecular complexity index is 1540. The van der Waals surface area contributed by atoms with Gasteiger partial charge in [0.15, 0.2) is 0 Å². The molecule has 4 nitrogen and oxygen atoms in total. The van der Waals surface area contributed by atoms with Gasteiger partial charge in [0, 0.05) is 22.2 Å². The first-order valence-electron chi connectivity index (χ1n) is 11.2. The van der Waals surface area contributed by atoms with Crippen LogP contribution in [0.25, 0.3) is 33.2 Å². The van der Waals surface area contributed by atoms with Crippen molar-refractivity contribution in [3.05, 3.63) is 115 Å². The number of fused-ring (bicyclic) bond motifs is 1. The number of nitriles is 1. The molecule has 1 heterocycles. The highest BCUT2D eigenvalue weighted by Crippen LogP contribution is 2.34. The maximum absolute atomic E-state index is 12.9. The average molecular weight is 472 g/mol. The van der Waals surface area contributed by atoms with Crippen molar-refractivity contribution in [1.82, 2.24) is 4.98 Å². The molecule has 1 N–H and O–H groups in total. The van der Waals surface area contributed by atoms with Gasteiger partial charge in [-0.05, 0) is 23.1 Å². The Morgan fingerprint density at radius 3 is 2.23 bits per heavy atom. The molecule has 0 aliphatic heterocycles. The zero-order valence-corrected chi connectivity index (χ0v) is 19.6. The van der Waals surface area contributed by atoms with Gasteiger partial charge < -0.3 is 5.32 Å². The number of rotatable bonds is 6. The Morgan fingerprint density at radius 2 is 1.49 bits per heavy atom. The summed E-state index contributed by atoms with van der Waals surface area (Å²) in [5.41, 5.74) is 4.70. The van der Waals surface area contributed by atoms with Gasteiger partial charge in [-0.2, -0.15) is 5.26 Å². The van der Waals surface area contributed by atoms with Crippen LogP contribution in [0.2, 0.25) is 0 Å². The minimum absolute atomic E-state index is 0.136. The number of benzene rings is 4. The molecule has 5 heteroatoms. The number of nitrogens with one attached hydrogen (secondary N) is 1. The van der Waals surface area contributed by atoms with E-state index in [9.17, 15) is 10.1 Å². The molecule has 0 aliphatic carbocycles. The van der Waals surface area contributed by atoms with E-state index in [-0.39, 0.29) is 11.7 Å². The maximum atomic E-state index is 12.9. The number of pyridine rings is 1. The number of thioether (sulfide) groups is 1. The molecule has 0 radical (unpaired) electrons. The standard InChI is InChI=1S/C30H21N3OS/c31-19-26-25(22-10-3-1-4-11-22)18-28(23-13-5-2-6-14-23)33-30(26)35-20-29(34)32-27-17-9-15-21-12-7-8-16-24(21)27/h1-18H,20H2,(H,32,34). The van der Waals surface area contributed by atoms with E-state index in [1.54, 1.807) is 0 Å². The van der Waals surface area contributed by atoms with E-state index in [1.807, 2.05) is 109 Å². The van der Waals surface area contributed by atoms with E-state index in [0.717, 1.165) is 38.8 Å². The van der Waals surface area contributed by atoms with Gasteiger partial charge in [-0.25, -0.2) is 4.98 Å². The molecule has 168 valence electrons. The second-order valence-corrected chi connectivity index (χ2v) is 8.91. The number of hydrogen-bond donors (Lipinski definition) is 1. The first kappa shape index (κ1) is 22.4. The Hall–Kier alpha value is -4.40. The molecule has 0 saturated carbocycles. The van der Waals surface area contributed by atoms with Gasteiger partial charge in [0.2, 0.25) is 5.91 Å². The van der Waals surface area contributed by atoms with Crippen molar-refractivity contribution in [2.75, 3.05) is 11.1 Å². The smallest absolute Gasteiger partial charge is 0.234 e. The molecule has 5 aromatic rings. The van der Waals surface area contributed by atoms with Crippen molar-refractivity contribution in [3.8, 4) is 28.5 Å². The van der Waals surface area contributed by atoms with E-state index >= 15 is 0 Å². The summed E-state index contributed by atoms with van der Waals surface area (Å²) in [7, 11) is 0. The van der Waals surface area contributed by atoms with Gasteiger partial charge in [0.1, 0.15) is 11.1 Å². The lowest BCUT2D eigenvalue weighted by molar-refractivity contribution is -0.113. The SMILES string of the molecule is N#Cc1c(-c2ccccc2)cc(-c2ccccc2)nc1SCC(=O)Nc1cccc2ccccc12. The summed E-state index contributed by atoms with van der Waals surface area (Å²) in [5, 5.41) is 15.6. The monoisotopic (exact) mass is 471 g/mol. The predicted molar refractivity (Wildman–Crippen MR) is 143 cm³/mol. The van der Waals surface area contributed by atoms with Crippen molar-refractivity contribution in [2.24, 2.45) is 0 Å². The molecule has 0 atom stereocenters. The first-order chi connectivity index (χ1) is 17.2. The summed E-state index contributed by atoms with van der Waals surface area (Å²) in [6.45, 7) is 0. The molecule has 0 unspecified atom stereocenters. The third-order valence-corrected chi connectivity index (χ3v) is 6.63. The summed E-state index contributed by atoms with van der Waals surface area (Å²) in [5.74, 6) is -0.0133. The quantitative estimate of drug-likeness (QED) is 0.267. The Balaban J connectivity index is 1.46. The molecule has 35 heavy (non-hydrogen) atoms. The zero-order valence-electron chi connectivity index (χ0n) is 18.8. The van der Waals surface area contributed by atoms with E-state index < -0.39 is 0 Å². The predicted octanol–water partition coefficient (Wildman–Crippen LogP) is 7.17. The molecule has 1 aromatic heterocycles. The molecule has 0 fully saturated rings. The second kappa shape index (κ2) is 10.3. The van der Waals surface area contributed by atoms with Crippen molar-refractivity contribution >= 4 is 34.1 Å². The van der Waals surface area contributed by atoms with Gasteiger partial charge in [-0.1, -0.05) is 109 Å². The second-order valence-electron chi connectivity index (χ2n) is 7.94. The highest BCUT2D eigenvalue weighted by atomic mass is 32.2. The molecule has 5 rings (SSSR count). The van der Waals surface area contributed by atoms with Gasteiger partial charge in [-0.15, -0.1) is 0 Å². The molecule has 0 spiro atoms. The Morgan fingerprint density at radius 1 is 0.829 bits per heavy atom. The van der Waals surface area contributed by atoms with Crippen LogP contribution in [0.15, 0.2) is 114 Å². The van der Waals surface area contributed by atoms with Crippen LogP contribution in [-0.4, -0.2) is 16.6 Å². The minimum Gasteiger partial charge on any atom is -0.325 e. The van der Waals surface area contributed by atoms with Crippen LogP contribution in [0, 0.1) is 11.3 Å². The van der Waals surface area contributed by atoms with Crippen LogP contribution in [0.1, 0.15) is 5.56 Å². The minimum atomic E-state index is -0.150. The number of carbonyl (C=O) groups excluding carboxylic acids is 1. The van der Waals surface area contributed by atoms with Crippen LogP contribution in [0.3, 0.4) is 0 Å². The van der Waals surface area contributed by atoms with E-state index in [1.165, 1.54) is 11.8 Å². The molecule has 0 bridgehead atoms. The topological polar surface area (TPSA) is 65.8 Å². The van der Waals surface area contributed by atoms with Crippen LogP contribution >= 0.6 is 11.8 Å². The highest BCUT2D eigenvalue weighted by Gasteiger charge is 2.17. The summed E-state index contributed by atoms with van der Waals surface area (Å²) in [4.78, 5) is 17.7. The number of nitrogens with zero attached hydrogens (tertiary/aromatic N) is 2. The lowest BCUT2D eigenvalue weighted by atomic mass is 9.99. The van der Waals surface area contributed by atoms with Crippen LogP contribution in [-0.2, 0) is 4.79 Å². The number of aromatic nitrogens is 1. The molecule has 1 amide bonds. The maximum Gasteiger partial charge on any atom is 0.234 e. The molecule has 0 saturated heterocycles. The Kier molecular flexibility index (Phi) is 6.56. The zero-order chi connectivity index (χ0) is 24.0. The third kappa shape index (κ3) is 4.93. The lowest BCUT2D eigenvalue weighted by Crippen LogP contribution is -2.14. The summed E-state index contributed by atoms with van der Waals surface area (Å²) < 4.78 is 0. The van der Waals surface area contributed by atoms with Gasteiger partial charge in [0.25, 0.3) is 0 Å². The summed E-state index contributed by atoms with van der Waals surface area (Å²) in [6, 6.07) is 37.7. The molecular formula is C30H21N3OS. The number of anilines is 1. The van der Waals surface area contributed by atoms with Gasteiger partial charge >= 0.3 is 0 Å². The average Bonchev–Trinajstić information content (AvgIpc) is 2.92. The number of carbonyl (C=O) groups is 1. The van der Waals surface area contributed by atoms with E-state index in [4.69, 9.17) is 4.98 Å². The van der Waals surface area contributed by atoms with Crippen LogP contribution in [0.5, 0.6) is 0 Å². The largest absolute Gasteiger partial charge is 0.325 e. The van der Waals surface area contributed by atoms with Crippen LogP contribution in [0.4, 0.5) is 5.69 Å². The third-order valence-electron chi connectivity index (χ3n) is 5.66. The van der Waals surface area contributed by atoms with Crippen molar-refractivity contribution < 1.29 is 4.79 Å². The van der Waals surface area contributed by atoms with Crippen LogP contribution < -0.4 is 5.32 Å². The highest BCUT2D eigenvalue weighted by molar-refractivity contribution is 8.00. The van der Waals surface area contributed by atoms with Crippen molar-refractivity contribution in [1.29, 1.82) is 5.26 Å². The van der Waals surface area contributed by atoms with Crippen molar-refractivity contribution in [3.63, 3.8) is 0 Å². The normalized spacial score (nSPS) is 10.6. The van der Waals surface area contributed by atoms with E-state index in [2.05, 4.69) is 11.4 Å². The van der Waals surface area contributed by atoms with E-state index in [0.29, 0.717) is 10.6 Å². The molecule has 0 aliphatic rings. The van der Waals surface area contributed by atoms with Crippen molar-refractivity contribution in [2.45, 2.75) is 5.03 Å². The fraction of sp³-hybridized carbons (Fsp3) is 0.0333. The number of hydrogen-bond acceptors (Lipinski definition) is 4. The lowest BCUT2D eigenvalue weighted by Gasteiger charge is -2.13. The number of amides is 1.